The first-order valence-electron chi connectivity index (χ1n) is 12.7. The molecule has 0 bridgehead atoms. The Hall–Kier alpha value is -3.59. The lowest BCUT2D eigenvalue weighted by molar-refractivity contribution is -0.172. The summed E-state index contributed by atoms with van der Waals surface area (Å²) in [6, 6.07) is 2.74. The fraction of sp³-hybridized carbons (Fsp3) is 0.429. The van der Waals surface area contributed by atoms with Crippen LogP contribution in [0.1, 0.15) is 73.0 Å². The van der Waals surface area contributed by atoms with Gasteiger partial charge in [-0.3, -0.25) is 9.59 Å². The van der Waals surface area contributed by atoms with E-state index in [4.69, 9.17) is 9.72 Å². The van der Waals surface area contributed by atoms with Gasteiger partial charge in [0.05, 0.1) is 35.1 Å². The molecule has 9 heteroatoms. The predicted octanol–water partition coefficient (Wildman–Crippen LogP) is 3.29. The number of amides is 1. The van der Waals surface area contributed by atoms with Gasteiger partial charge in [0.25, 0.3) is 5.56 Å². The zero-order chi connectivity index (χ0) is 26.4. The highest BCUT2D eigenvalue weighted by molar-refractivity contribution is 5.94. The summed E-state index contributed by atoms with van der Waals surface area (Å²) in [5.74, 6) is -1.44. The SMILES string of the molecule is CC[C@@]1(O)C(=O)OCc2c1cc1n(c2=O)Cc2c-1nc1cc(F)c(C)c3c1c2[C@@H](NC(=O)C(C)C)CC3. The van der Waals surface area contributed by atoms with Gasteiger partial charge in [-0.15, -0.1) is 0 Å². The van der Waals surface area contributed by atoms with Crippen LogP contribution in [0.2, 0.25) is 0 Å². The van der Waals surface area contributed by atoms with E-state index >= 15 is 0 Å². The molecule has 8 nitrogen and oxygen atoms in total. The number of nitrogens with zero attached hydrogens (tertiary/aromatic N) is 2. The number of rotatable bonds is 3. The van der Waals surface area contributed by atoms with Crippen LogP contribution in [0.15, 0.2) is 16.9 Å². The molecule has 0 fully saturated rings. The Kier molecular flexibility index (Phi) is 5.11. The van der Waals surface area contributed by atoms with Crippen LogP contribution in [0.5, 0.6) is 0 Å². The first kappa shape index (κ1) is 23.8. The van der Waals surface area contributed by atoms with Crippen LogP contribution >= 0.6 is 0 Å². The third-order valence-electron chi connectivity index (χ3n) is 8.22. The minimum absolute atomic E-state index is 0.0438. The summed E-state index contributed by atoms with van der Waals surface area (Å²) < 4.78 is 21.7. The van der Waals surface area contributed by atoms with E-state index in [1.165, 1.54) is 6.07 Å². The number of benzene rings is 1. The Bertz CT molecular complexity index is 1610. The second-order valence-electron chi connectivity index (χ2n) is 10.6. The minimum Gasteiger partial charge on any atom is -0.458 e. The number of aromatic nitrogens is 2. The predicted molar refractivity (Wildman–Crippen MR) is 133 cm³/mol. The molecule has 0 spiro atoms. The number of carbonyl (C=O) groups is 2. The maximum atomic E-state index is 14.9. The Morgan fingerprint density at radius 1 is 1.30 bits per heavy atom. The maximum Gasteiger partial charge on any atom is 0.343 e. The average Bonchev–Trinajstić information content (AvgIpc) is 3.24. The molecule has 2 aliphatic heterocycles. The molecule has 2 aromatic heterocycles. The van der Waals surface area contributed by atoms with E-state index < -0.39 is 11.6 Å². The lowest BCUT2D eigenvalue weighted by atomic mass is 9.81. The van der Waals surface area contributed by atoms with Crippen molar-refractivity contribution in [3.8, 4) is 11.4 Å². The Morgan fingerprint density at radius 2 is 2.05 bits per heavy atom. The molecular formula is C28H28FN3O5. The van der Waals surface area contributed by atoms with E-state index in [1.54, 1.807) is 24.5 Å². The summed E-state index contributed by atoms with van der Waals surface area (Å²) in [5.41, 5.74) is 2.69. The van der Waals surface area contributed by atoms with Crippen LogP contribution < -0.4 is 10.9 Å². The van der Waals surface area contributed by atoms with E-state index in [-0.39, 0.29) is 59.9 Å². The summed E-state index contributed by atoms with van der Waals surface area (Å²) in [5, 5.41) is 15.1. The van der Waals surface area contributed by atoms with Gasteiger partial charge in [0.15, 0.2) is 5.60 Å². The first-order valence-corrected chi connectivity index (χ1v) is 12.7. The largest absolute Gasteiger partial charge is 0.458 e. The van der Waals surface area contributed by atoms with Crippen LogP contribution in [0, 0.1) is 18.7 Å². The van der Waals surface area contributed by atoms with Crippen LogP contribution in [-0.2, 0) is 39.5 Å². The number of fused-ring (bicyclic) bond motifs is 5. The molecule has 0 saturated heterocycles. The summed E-state index contributed by atoms with van der Waals surface area (Å²) >= 11 is 0. The Labute approximate surface area is 212 Å². The molecule has 1 aliphatic carbocycles. The van der Waals surface area contributed by atoms with Gasteiger partial charge in [-0.25, -0.2) is 14.2 Å². The van der Waals surface area contributed by atoms with Crippen LogP contribution in [-0.4, -0.2) is 26.5 Å². The summed E-state index contributed by atoms with van der Waals surface area (Å²) in [7, 11) is 0. The second-order valence-corrected chi connectivity index (χ2v) is 10.6. The molecule has 1 amide bonds. The van der Waals surface area contributed by atoms with Gasteiger partial charge in [0.2, 0.25) is 5.91 Å². The van der Waals surface area contributed by atoms with E-state index in [2.05, 4.69) is 5.32 Å². The summed E-state index contributed by atoms with van der Waals surface area (Å²) in [6.45, 7) is 7.07. The van der Waals surface area contributed by atoms with E-state index in [9.17, 15) is 23.9 Å². The van der Waals surface area contributed by atoms with Crippen molar-refractivity contribution in [3.05, 3.63) is 61.7 Å². The van der Waals surface area contributed by atoms with Crippen molar-refractivity contribution < 1.29 is 23.8 Å². The molecule has 2 atom stereocenters. The molecule has 3 aliphatic rings. The summed E-state index contributed by atoms with van der Waals surface area (Å²) in [4.78, 5) is 43.6. The number of aryl methyl sites for hydroxylation is 1. The van der Waals surface area contributed by atoms with E-state index in [0.717, 1.165) is 22.1 Å². The molecule has 1 aromatic carbocycles. The molecule has 2 N–H and O–H groups in total. The topological polar surface area (TPSA) is 111 Å². The van der Waals surface area contributed by atoms with Crippen molar-refractivity contribution in [2.45, 2.75) is 71.8 Å². The van der Waals surface area contributed by atoms with Crippen LogP contribution in [0.25, 0.3) is 22.3 Å². The fourth-order valence-corrected chi connectivity index (χ4v) is 6.04. The fourth-order valence-electron chi connectivity index (χ4n) is 6.04. The van der Waals surface area contributed by atoms with Crippen molar-refractivity contribution in [1.29, 1.82) is 0 Å². The highest BCUT2D eigenvalue weighted by atomic mass is 19.1. The molecule has 3 aromatic rings. The number of hydrogen-bond donors (Lipinski definition) is 2. The van der Waals surface area contributed by atoms with Gasteiger partial charge in [0, 0.05) is 28.5 Å². The number of esters is 1. The van der Waals surface area contributed by atoms with Gasteiger partial charge >= 0.3 is 5.97 Å². The molecule has 37 heavy (non-hydrogen) atoms. The van der Waals surface area contributed by atoms with Crippen molar-refractivity contribution in [2.24, 2.45) is 5.92 Å². The second kappa shape index (κ2) is 7.95. The number of hydrogen-bond acceptors (Lipinski definition) is 6. The van der Waals surface area contributed by atoms with Crippen molar-refractivity contribution in [2.75, 3.05) is 0 Å². The Morgan fingerprint density at radius 3 is 2.76 bits per heavy atom. The Balaban J connectivity index is 1.65. The third-order valence-corrected chi connectivity index (χ3v) is 8.22. The van der Waals surface area contributed by atoms with E-state index in [1.807, 2.05) is 13.8 Å². The van der Waals surface area contributed by atoms with Crippen molar-refractivity contribution in [1.82, 2.24) is 14.9 Å². The van der Waals surface area contributed by atoms with Gasteiger partial charge in [0.1, 0.15) is 12.4 Å². The van der Waals surface area contributed by atoms with Crippen molar-refractivity contribution >= 4 is 22.8 Å². The normalized spacial score (nSPS) is 21.5. The lowest BCUT2D eigenvalue weighted by Gasteiger charge is -2.31. The molecular weight excluding hydrogens is 477 g/mol. The smallest absolute Gasteiger partial charge is 0.343 e. The molecule has 0 saturated carbocycles. The quantitative estimate of drug-likeness (QED) is 0.414. The highest BCUT2D eigenvalue weighted by Gasteiger charge is 2.46. The first-order chi connectivity index (χ1) is 17.6. The molecule has 6 rings (SSSR count). The lowest BCUT2D eigenvalue weighted by Crippen LogP contribution is -2.44. The summed E-state index contributed by atoms with van der Waals surface area (Å²) in [6.07, 6.45) is 1.24. The number of carbonyl (C=O) groups excluding carboxylic acids is 2. The van der Waals surface area contributed by atoms with Crippen LogP contribution in [0.3, 0.4) is 0 Å². The zero-order valence-corrected chi connectivity index (χ0v) is 21.2. The number of cyclic esters (lactones) is 1. The number of ether oxygens (including phenoxy) is 1. The van der Waals surface area contributed by atoms with Crippen LogP contribution in [0.4, 0.5) is 4.39 Å². The molecule has 192 valence electrons. The highest BCUT2D eigenvalue weighted by Crippen LogP contribution is 2.45. The molecule has 0 radical (unpaired) electrons. The molecule has 4 heterocycles. The van der Waals surface area contributed by atoms with Gasteiger partial charge in [-0.05, 0) is 48.9 Å². The van der Waals surface area contributed by atoms with E-state index in [0.29, 0.717) is 35.3 Å². The standard InChI is InChI=1S/C28H28FN3O5/c1-5-28(36)17-8-21-24-15(10-32(21)26(34)16(17)11-37-27(28)35)23-19(31-25(33)12(2)3)7-6-14-13(4)18(29)9-20(30-24)22(14)23/h8-9,12,19,36H,5-7,10-11H2,1-4H3,(H,31,33)/t19-,28-/m0/s1. The number of halogens is 1. The van der Waals surface area contributed by atoms with Gasteiger partial charge in [-0.2, -0.15) is 0 Å². The zero-order valence-electron chi connectivity index (χ0n) is 21.2. The monoisotopic (exact) mass is 505 g/mol. The van der Waals surface area contributed by atoms with Gasteiger partial charge < -0.3 is 19.7 Å². The molecule has 0 unspecified atom stereocenters. The maximum absolute atomic E-state index is 14.9. The minimum atomic E-state index is -1.93. The van der Waals surface area contributed by atoms with Gasteiger partial charge in [-0.1, -0.05) is 20.8 Å². The number of nitrogens with one attached hydrogen (secondary N) is 1. The average molecular weight is 506 g/mol. The van der Waals surface area contributed by atoms with Crippen molar-refractivity contribution in [3.63, 3.8) is 0 Å². The number of pyridine rings is 2. The number of aliphatic hydroxyl groups is 1. The third kappa shape index (κ3) is 3.16.